The molecule has 0 amide bonds. The second kappa shape index (κ2) is 28.7. The molecule has 0 atom stereocenters. The van der Waals surface area contributed by atoms with Crippen LogP contribution >= 0.6 is 0 Å². The number of nitrogen functional groups attached to an aromatic ring is 2. The van der Waals surface area contributed by atoms with E-state index in [0.717, 1.165) is 35.5 Å². The summed E-state index contributed by atoms with van der Waals surface area (Å²) in [5.74, 6) is 0.371. The Morgan fingerprint density at radius 2 is 0.786 bits per heavy atom. The first-order chi connectivity index (χ1) is 27.4. The Morgan fingerprint density at radius 3 is 1.12 bits per heavy atom. The highest BCUT2D eigenvalue weighted by molar-refractivity contribution is 5.91. The van der Waals surface area contributed by atoms with Gasteiger partial charge in [-0.15, -0.1) is 0 Å². The van der Waals surface area contributed by atoms with E-state index in [0.29, 0.717) is 13.2 Å². The zero-order valence-electron chi connectivity index (χ0n) is 34.2. The van der Waals surface area contributed by atoms with Crippen LogP contribution in [0.15, 0.2) is 72.8 Å². The first kappa shape index (κ1) is 45.7. The fourth-order valence-electron chi connectivity index (χ4n) is 6.29. The van der Waals surface area contributed by atoms with Gasteiger partial charge in [0.05, 0.1) is 24.6 Å². The van der Waals surface area contributed by atoms with Gasteiger partial charge in [0.2, 0.25) is 0 Å². The van der Waals surface area contributed by atoms with Gasteiger partial charge in [0.1, 0.15) is 11.5 Å². The Morgan fingerprint density at radius 1 is 0.464 bits per heavy atom. The Kier molecular flexibility index (Phi) is 23.4. The van der Waals surface area contributed by atoms with Crippen LogP contribution in [0.2, 0.25) is 0 Å². The number of nitrogens with two attached hydrogens (primary N) is 2. The Labute approximate surface area is 337 Å². The van der Waals surface area contributed by atoms with Crippen LogP contribution in [-0.2, 0) is 9.59 Å². The van der Waals surface area contributed by atoms with Gasteiger partial charge in [-0.1, -0.05) is 154 Å². The third-order valence-corrected chi connectivity index (χ3v) is 9.68. The van der Waals surface area contributed by atoms with Crippen LogP contribution in [-0.4, -0.2) is 25.2 Å². The minimum absolute atomic E-state index is 0.0322. The molecule has 8 heteroatoms. The Balaban J connectivity index is 1.35. The van der Waals surface area contributed by atoms with E-state index in [1.807, 2.05) is 48.5 Å². The molecule has 4 N–H and O–H groups in total. The Hall–Kier alpha value is -4.72. The van der Waals surface area contributed by atoms with Crippen molar-refractivity contribution in [1.82, 2.24) is 0 Å². The highest BCUT2D eigenvalue weighted by atomic mass is 16.5. The molecule has 0 spiro atoms. The van der Waals surface area contributed by atoms with Gasteiger partial charge in [-0.3, -0.25) is 0 Å². The fraction of sp³-hybridized carbons (Fsp3) is 0.500. The molecular weight excluding hydrogens is 701 g/mol. The number of ether oxygens (including phenoxy) is 4. The lowest BCUT2D eigenvalue weighted by Crippen LogP contribution is -2.09. The number of carbonyl (C=O) groups is 2. The molecule has 0 aliphatic carbocycles. The van der Waals surface area contributed by atoms with E-state index >= 15 is 0 Å². The van der Waals surface area contributed by atoms with Crippen molar-refractivity contribution in [2.45, 2.75) is 142 Å². The standard InChI is InChI=1S/C48H68N2O6/c1-3-5-7-9-11-13-15-17-19-21-35-53-41-29-23-39(24-30-41)27-33-47(51)55-45-38-46(44(50)37-43(45)49)56-48(52)34-28-40-25-31-42(32-26-40)54-36-22-20-18-16-14-12-10-8-6-4-2/h23-34,37-38H,3-22,35-36,49-50H2,1-2H3/b33-27+,34-28+. The predicted octanol–water partition coefficient (Wildman–Crippen LogP) is 12.7. The van der Waals surface area contributed by atoms with E-state index in [1.54, 1.807) is 12.2 Å². The molecule has 0 aliphatic heterocycles. The minimum atomic E-state index is -0.643. The molecule has 0 aliphatic rings. The molecule has 8 nitrogen and oxygen atoms in total. The second-order valence-corrected chi connectivity index (χ2v) is 14.6. The van der Waals surface area contributed by atoms with Gasteiger partial charge >= 0.3 is 11.9 Å². The van der Waals surface area contributed by atoms with E-state index in [9.17, 15) is 9.59 Å². The molecule has 3 aromatic rings. The maximum Gasteiger partial charge on any atom is 0.336 e. The van der Waals surface area contributed by atoms with Crippen molar-refractivity contribution in [2.75, 3.05) is 24.7 Å². The van der Waals surface area contributed by atoms with Crippen LogP contribution in [0.1, 0.15) is 153 Å². The van der Waals surface area contributed by atoms with Crippen molar-refractivity contribution in [3.05, 3.63) is 83.9 Å². The molecule has 56 heavy (non-hydrogen) atoms. The number of esters is 2. The van der Waals surface area contributed by atoms with Crippen LogP contribution in [0.25, 0.3) is 12.2 Å². The van der Waals surface area contributed by atoms with Gasteiger partial charge in [-0.2, -0.15) is 0 Å². The third kappa shape index (κ3) is 20.3. The van der Waals surface area contributed by atoms with Crippen molar-refractivity contribution in [3.8, 4) is 23.0 Å². The zero-order chi connectivity index (χ0) is 40.1. The van der Waals surface area contributed by atoms with E-state index in [-0.39, 0.29) is 22.9 Å². The lowest BCUT2D eigenvalue weighted by atomic mass is 10.1. The normalized spacial score (nSPS) is 11.3. The van der Waals surface area contributed by atoms with Gasteiger partial charge < -0.3 is 30.4 Å². The van der Waals surface area contributed by atoms with Crippen LogP contribution in [0.5, 0.6) is 23.0 Å². The topological polar surface area (TPSA) is 123 Å². The number of benzene rings is 3. The van der Waals surface area contributed by atoms with Gasteiger partial charge in [0.15, 0.2) is 11.5 Å². The molecule has 0 unspecified atom stereocenters. The number of unbranched alkanes of at least 4 members (excludes halogenated alkanes) is 18. The Bertz CT molecular complexity index is 1470. The molecule has 3 rings (SSSR count). The lowest BCUT2D eigenvalue weighted by Gasteiger charge is -2.11. The van der Waals surface area contributed by atoms with Gasteiger partial charge in [0.25, 0.3) is 0 Å². The van der Waals surface area contributed by atoms with Gasteiger partial charge in [-0.25, -0.2) is 9.59 Å². The van der Waals surface area contributed by atoms with E-state index < -0.39 is 11.9 Å². The SMILES string of the molecule is CCCCCCCCCCCCOc1ccc(/C=C/C(=O)Oc2cc(OC(=O)/C=C/c3ccc(OCCCCCCCCCCCC)cc3)c(N)cc2N)cc1. The number of hydrogen-bond donors (Lipinski definition) is 2. The largest absolute Gasteiger partial charge is 0.494 e. The maximum absolute atomic E-state index is 12.6. The molecule has 3 aromatic carbocycles. The smallest absolute Gasteiger partial charge is 0.336 e. The zero-order valence-corrected chi connectivity index (χ0v) is 34.2. The van der Waals surface area contributed by atoms with Crippen LogP contribution in [0.4, 0.5) is 11.4 Å². The summed E-state index contributed by atoms with van der Waals surface area (Å²) < 4.78 is 22.7. The van der Waals surface area contributed by atoms with Crippen molar-refractivity contribution >= 4 is 35.5 Å². The molecule has 0 aromatic heterocycles. The quantitative estimate of drug-likeness (QED) is 0.0226. The van der Waals surface area contributed by atoms with Crippen LogP contribution < -0.4 is 30.4 Å². The first-order valence-corrected chi connectivity index (χ1v) is 21.3. The van der Waals surface area contributed by atoms with Gasteiger partial charge in [0, 0.05) is 18.2 Å². The molecule has 0 fully saturated rings. The summed E-state index contributed by atoms with van der Waals surface area (Å²) in [4.78, 5) is 25.3. The molecule has 0 saturated carbocycles. The molecule has 0 bridgehead atoms. The number of anilines is 2. The molecule has 0 saturated heterocycles. The van der Waals surface area contributed by atoms with E-state index in [1.165, 1.54) is 140 Å². The average molecular weight is 769 g/mol. The number of carbonyl (C=O) groups excluding carboxylic acids is 2. The third-order valence-electron chi connectivity index (χ3n) is 9.68. The summed E-state index contributed by atoms with van der Waals surface area (Å²) >= 11 is 0. The average Bonchev–Trinajstić information content (AvgIpc) is 3.20. The lowest BCUT2D eigenvalue weighted by molar-refractivity contribution is -0.129. The summed E-state index contributed by atoms with van der Waals surface area (Å²) in [7, 11) is 0. The summed E-state index contributed by atoms with van der Waals surface area (Å²) in [6, 6.07) is 17.8. The molecule has 0 heterocycles. The second-order valence-electron chi connectivity index (χ2n) is 14.6. The highest BCUT2D eigenvalue weighted by Gasteiger charge is 2.13. The first-order valence-electron chi connectivity index (χ1n) is 21.3. The summed E-state index contributed by atoms with van der Waals surface area (Å²) in [5, 5.41) is 0. The summed E-state index contributed by atoms with van der Waals surface area (Å²) in [5.41, 5.74) is 14.0. The van der Waals surface area contributed by atoms with Crippen LogP contribution in [0.3, 0.4) is 0 Å². The summed E-state index contributed by atoms with van der Waals surface area (Å²) in [6.45, 7) is 5.89. The minimum Gasteiger partial charge on any atom is -0.494 e. The van der Waals surface area contributed by atoms with Crippen molar-refractivity contribution in [1.29, 1.82) is 0 Å². The number of rotatable bonds is 30. The van der Waals surface area contributed by atoms with Crippen molar-refractivity contribution in [3.63, 3.8) is 0 Å². The van der Waals surface area contributed by atoms with Crippen molar-refractivity contribution in [2.24, 2.45) is 0 Å². The fourth-order valence-corrected chi connectivity index (χ4v) is 6.29. The van der Waals surface area contributed by atoms with Gasteiger partial charge in [-0.05, 0) is 66.5 Å². The highest BCUT2D eigenvalue weighted by Crippen LogP contribution is 2.33. The van der Waals surface area contributed by atoms with Crippen molar-refractivity contribution < 1.29 is 28.5 Å². The number of hydrogen-bond acceptors (Lipinski definition) is 8. The monoisotopic (exact) mass is 769 g/mol. The summed E-state index contributed by atoms with van der Waals surface area (Å²) in [6.07, 6.45) is 31.6. The van der Waals surface area contributed by atoms with Crippen LogP contribution in [0, 0.1) is 0 Å². The van der Waals surface area contributed by atoms with E-state index in [2.05, 4.69) is 13.8 Å². The molecular formula is C48H68N2O6. The predicted molar refractivity (Wildman–Crippen MR) is 232 cm³/mol. The molecule has 306 valence electrons. The van der Waals surface area contributed by atoms with E-state index in [4.69, 9.17) is 30.4 Å². The molecule has 0 radical (unpaired) electrons. The maximum atomic E-state index is 12.6.